The van der Waals surface area contributed by atoms with Crippen LogP contribution < -0.4 is 15.8 Å². The van der Waals surface area contributed by atoms with Gasteiger partial charge in [0.15, 0.2) is 0 Å². The molecule has 0 aliphatic heterocycles. The van der Waals surface area contributed by atoms with Crippen LogP contribution in [0.3, 0.4) is 0 Å². The van der Waals surface area contributed by atoms with E-state index in [0.717, 1.165) is 37.1 Å². The molecule has 0 aromatic heterocycles. The van der Waals surface area contributed by atoms with Crippen molar-refractivity contribution >= 4 is 24.0 Å². The lowest BCUT2D eigenvalue weighted by atomic mass is 9.98. The monoisotopic (exact) mass is 312 g/mol. The maximum absolute atomic E-state index is 12.2. The summed E-state index contributed by atoms with van der Waals surface area (Å²) in [5, 5.41) is 2.89. The summed E-state index contributed by atoms with van der Waals surface area (Å²) in [5.74, 6) is 0.707. The standard InChI is InChI=1S/C16H24N2O2.ClH/c1-15(2,3)20-13-8-6-12(7-9-13)18-14(19)16(17)10-4-5-11-16;/h6-9H,4-5,10-11,17H2,1-3H3,(H,18,19);1H. The van der Waals surface area contributed by atoms with Gasteiger partial charge in [0, 0.05) is 5.69 Å². The molecule has 0 spiro atoms. The number of hydrogen-bond donors (Lipinski definition) is 2. The predicted octanol–water partition coefficient (Wildman–Crippen LogP) is 3.50. The van der Waals surface area contributed by atoms with Gasteiger partial charge in [-0.25, -0.2) is 0 Å². The van der Waals surface area contributed by atoms with E-state index in [-0.39, 0.29) is 23.9 Å². The summed E-state index contributed by atoms with van der Waals surface area (Å²) in [7, 11) is 0. The molecule has 0 bridgehead atoms. The van der Waals surface area contributed by atoms with Gasteiger partial charge in [-0.2, -0.15) is 0 Å². The van der Waals surface area contributed by atoms with Gasteiger partial charge in [-0.3, -0.25) is 4.79 Å². The predicted molar refractivity (Wildman–Crippen MR) is 88.1 cm³/mol. The molecule has 0 heterocycles. The van der Waals surface area contributed by atoms with E-state index in [1.54, 1.807) is 0 Å². The van der Waals surface area contributed by atoms with Gasteiger partial charge in [0.05, 0.1) is 5.54 Å². The second-order valence-electron chi connectivity index (χ2n) is 6.56. The Morgan fingerprint density at radius 3 is 2.19 bits per heavy atom. The third kappa shape index (κ3) is 4.90. The molecule has 1 aliphatic carbocycles. The summed E-state index contributed by atoms with van der Waals surface area (Å²) in [5.41, 5.74) is 5.96. The first-order valence-electron chi connectivity index (χ1n) is 7.18. The van der Waals surface area contributed by atoms with Gasteiger partial charge in [0.2, 0.25) is 5.91 Å². The highest BCUT2D eigenvalue weighted by atomic mass is 35.5. The minimum atomic E-state index is -0.694. The van der Waals surface area contributed by atoms with E-state index in [1.165, 1.54) is 0 Å². The minimum Gasteiger partial charge on any atom is -0.488 e. The number of carbonyl (C=O) groups excluding carboxylic acids is 1. The summed E-state index contributed by atoms with van der Waals surface area (Å²) >= 11 is 0. The van der Waals surface area contributed by atoms with E-state index in [4.69, 9.17) is 10.5 Å². The van der Waals surface area contributed by atoms with Crippen LogP contribution >= 0.6 is 12.4 Å². The van der Waals surface area contributed by atoms with Gasteiger partial charge >= 0.3 is 0 Å². The van der Waals surface area contributed by atoms with Crippen LogP contribution in [0, 0.1) is 0 Å². The van der Waals surface area contributed by atoms with E-state index in [1.807, 2.05) is 45.0 Å². The maximum atomic E-state index is 12.2. The summed E-state index contributed by atoms with van der Waals surface area (Å²) < 4.78 is 5.74. The van der Waals surface area contributed by atoms with E-state index in [9.17, 15) is 4.79 Å². The summed E-state index contributed by atoms with van der Waals surface area (Å²) in [4.78, 5) is 12.2. The van der Waals surface area contributed by atoms with Gasteiger partial charge in [0.25, 0.3) is 0 Å². The molecule has 3 N–H and O–H groups in total. The molecule has 4 nitrogen and oxygen atoms in total. The minimum absolute atomic E-state index is 0. The van der Waals surface area contributed by atoms with Crippen LogP contribution in [0.4, 0.5) is 5.69 Å². The van der Waals surface area contributed by atoms with Crippen molar-refractivity contribution < 1.29 is 9.53 Å². The number of amides is 1. The summed E-state index contributed by atoms with van der Waals surface area (Å²) in [6, 6.07) is 7.41. The largest absolute Gasteiger partial charge is 0.488 e. The summed E-state index contributed by atoms with van der Waals surface area (Å²) in [6.45, 7) is 6.00. The Balaban J connectivity index is 0.00000220. The van der Waals surface area contributed by atoms with Crippen LogP contribution in [-0.4, -0.2) is 17.0 Å². The van der Waals surface area contributed by atoms with Crippen molar-refractivity contribution in [2.45, 2.75) is 57.6 Å². The number of benzene rings is 1. The summed E-state index contributed by atoms with van der Waals surface area (Å²) in [6.07, 6.45) is 3.60. The number of carbonyl (C=O) groups is 1. The Hall–Kier alpha value is -1.26. The van der Waals surface area contributed by atoms with Crippen LogP contribution in [0.1, 0.15) is 46.5 Å². The van der Waals surface area contributed by atoms with Crippen molar-refractivity contribution in [3.05, 3.63) is 24.3 Å². The van der Waals surface area contributed by atoms with Gasteiger partial charge < -0.3 is 15.8 Å². The average Bonchev–Trinajstić information content (AvgIpc) is 2.78. The first-order valence-corrected chi connectivity index (χ1v) is 7.18. The number of ether oxygens (including phenoxy) is 1. The van der Waals surface area contributed by atoms with Crippen LogP contribution in [0.5, 0.6) is 5.75 Å². The Morgan fingerprint density at radius 2 is 1.71 bits per heavy atom. The quantitative estimate of drug-likeness (QED) is 0.898. The Kier molecular flexibility index (Phi) is 5.65. The fourth-order valence-corrected chi connectivity index (χ4v) is 2.45. The molecular formula is C16H25ClN2O2. The van der Waals surface area contributed by atoms with Crippen molar-refractivity contribution in [3.63, 3.8) is 0 Å². The fraction of sp³-hybridized carbons (Fsp3) is 0.562. The SMILES string of the molecule is CC(C)(C)Oc1ccc(NC(=O)C2(N)CCCC2)cc1.Cl. The third-order valence-corrected chi connectivity index (χ3v) is 3.48. The fourth-order valence-electron chi connectivity index (χ4n) is 2.45. The topological polar surface area (TPSA) is 64.3 Å². The molecule has 1 aromatic carbocycles. The lowest BCUT2D eigenvalue weighted by Crippen LogP contribution is -2.48. The van der Waals surface area contributed by atoms with Gasteiger partial charge in [-0.1, -0.05) is 12.8 Å². The van der Waals surface area contributed by atoms with Crippen molar-refractivity contribution in [3.8, 4) is 5.75 Å². The Morgan fingerprint density at radius 1 is 1.19 bits per heavy atom. The molecule has 1 aromatic rings. The first kappa shape index (κ1) is 17.8. The molecular weight excluding hydrogens is 288 g/mol. The zero-order chi connectivity index (χ0) is 14.8. The van der Waals surface area contributed by atoms with Gasteiger partial charge in [-0.05, 0) is 57.9 Å². The molecule has 1 amide bonds. The van der Waals surface area contributed by atoms with Crippen molar-refractivity contribution in [2.75, 3.05) is 5.32 Å². The number of anilines is 1. The lowest BCUT2D eigenvalue weighted by molar-refractivity contribution is -0.121. The first-order chi connectivity index (χ1) is 9.28. The highest BCUT2D eigenvalue weighted by Gasteiger charge is 2.36. The highest BCUT2D eigenvalue weighted by molar-refractivity contribution is 5.98. The van der Waals surface area contributed by atoms with Crippen molar-refractivity contribution in [1.82, 2.24) is 0 Å². The number of hydrogen-bond acceptors (Lipinski definition) is 3. The maximum Gasteiger partial charge on any atom is 0.244 e. The molecule has 0 unspecified atom stereocenters. The van der Waals surface area contributed by atoms with Crippen LogP contribution in [-0.2, 0) is 4.79 Å². The number of halogens is 1. The van der Waals surface area contributed by atoms with Crippen LogP contribution in [0.15, 0.2) is 24.3 Å². The smallest absolute Gasteiger partial charge is 0.244 e. The number of rotatable bonds is 3. The van der Waals surface area contributed by atoms with E-state index in [0.29, 0.717) is 0 Å². The van der Waals surface area contributed by atoms with E-state index < -0.39 is 5.54 Å². The average molecular weight is 313 g/mol. The molecule has 0 radical (unpaired) electrons. The van der Waals surface area contributed by atoms with Crippen LogP contribution in [0.25, 0.3) is 0 Å². The van der Waals surface area contributed by atoms with Crippen LogP contribution in [0.2, 0.25) is 0 Å². The normalized spacial score (nSPS) is 17.0. The van der Waals surface area contributed by atoms with Crippen molar-refractivity contribution in [1.29, 1.82) is 0 Å². The number of nitrogens with two attached hydrogens (primary N) is 1. The lowest BCUT2D eigenvalue weighted by Gasteiger charge is -2.23. The third-order valence-electron chi connectivity index (χ3n) is 3.48. The zero-order valence-corrected chi connectivity index (χ0v) is 13.8. The molecule has 21 heavy (non-hydrogen) atoms. The molecule has 118 valence electrons. The highest BCUT2D eigenvalue weighted by Crippen LogP contribution is 2.29. The van der Waals surface area contributed by atoms with Gasteiger partial charge in [-0.15, -0.1) is 12.4 Å². The Bertz CT molecular complexity index is 474. The van der Waals surface area contributed by atoms with Gasteiger partial charge in [0.1, 0.15) is 11.4 Å². The number of nitrogens with one attached hydrogen (secondary N) is 1. The van der Waals surface area contributed by atoms with Crippen molar-refractivity contribution in [2.24, 2.45) is 5.73 Å². The van der Waals surface area contributed by atoms with E-state index in [2.05, 4.69) is 5.32 Å². The molecule has 1 fully saturated rings. The molecule has 1 aliphatic rings. The zero-order valence-electron chi connectivity index (χ0n) is 12.9. The molecule has 5 heteroatoms. The Labute approximate surface area is 132 Å². The van der Waals surface area contributed by atoms with E-state index >= 15 is 0 Å². The molecule has 2 rings (SSSR count). The second-order valence-corrected chi connectivity index (χ2v) is 6.56. The second kappa shape index (κ2) is 6.67. The molecule has 0 saturated heterocycles. The molecule has 0 atom stereocenters. The molecule has 1 saturated carbocycles.